The molecule has 1 N–H and O–H groups in total. The molecule has 1 unspecified atom stereocenters. The van der Waals surface area contributed by atoms with E-state index in [-0.39, 0.29) is 17.6 Å². The Morgan fingerprint density at radius 1 is 1.27 bits per heavy atom. The van der Waals surface area contributed by atoms with Crippen molar-refractivity contribution in [3.63, 3.8) is 0 Å². The van der Waals surface area contributed by atoms with Crippen LogP contribution in [0.4, 0.5) is 0 Å². The standard InChI is InChI=1S/C24H24ClN5O2S/c1-3-32-18-12-10-17(11-13-18)30-22(19-6-4-5-7-20(19)25)28-29-23(30)33-14-21(31)27-24(2,15-26)16-8-9-16/h4-7,10-13,16H,3,8-9,14H2,1-2H3,(H,27,31). The molecule has 3 aromatic rings. The highest BCUT2D eigenvalue weighted by Crippen LogP contribution is 2.39. The third-order valence-corrected chi connectivity index (χ3v) is 6.77. The molecule has 1 heterocycles. The molecule has 9 heteroatoms. The number of ether oxygens (including phenoxy) is 1. The summed E-state index contributed by atoms with van der Waals surface area (Å²) in [4.78, 5) is 12.6. The lowest BCUT2D eigenvalue weighted by Crippen LogP contribution is -2.47. The first-order chi connectivity index (χ1) is 15.9. The molecule has 0 bridgehead atoms. The van der Waals surface area contributed by atoms with Crippen LogP contribution in [0.2, 0.25) is 5.02 Å². The van der Waals surface area contributed by atoms with Crippen LogP contribution in [0.15, 0.2) is 53.7 Å². The summed E-state index contributed by atoms with van der Waals surface area (Å²) in [5, 5.41) is 22.2. The van der Waals surface area contributed by atoms with E-state index in [9.17, 15) is 10.1 Å². The number of rotatable bonds is 9. The fourth-order valence-corrected chi connectivity index (χ4v) is 4.58. The number of carbonyl (C=O) groups excluding carboxylic acids is 1. The first-order valence-electron chi connectivity index (χ1n) is 10.7. The number of nitriles is 1. The van der Waals surface area contributed by atoms with Crippen LogP contribution in [0.1, 0.15) is 26.7 Å². The topological polar surface area (TPSA) is 92.8 Å². The van der Waals surface area contributed by atoms with E-state index < -0.39 is 5.54 Å². The number of aromatic nitrogens is 3. The van der Waals surface area contributed by atoms with Gasteiger partial charge in [-0.15, -0.1) is 10.2 Å². The van der Waals surface area contributed by atoms with E-state index in [0.717, 1.165) is 29.8 Å². The minimum absolute atomic E-state index is 0.113. The summed E-state index contributed by atoms with van der Waals surface area (Å²) in [6.45, 7) is 4.30. The number of nitrogens with zero attached hydrogens (tertiary/aromatic N) is 4. The Kier molecular flexibility index (Phi) is 6.91. The van der Waals surface area contributed by atoms with E-state index in [2.05, 4.69) is 21.6 Å². The van der Waals surface area contributed by atoms with Crippen molar-refractivity contribution in [3.8, 4) is 28.9 Å². The predicted molar refractivity (Wildman–Crippen MR) is 129 cm³/mol. The molecule has 1 fully saturated rings. The second-order valence-electron chi connectivity index (χ2n) is 7.97. The highest BCUT2D eigenvalue weighted by atomic mass is 35.5. The molecule has 1 aliphatic carbocycles. The summed E-state index contributed by atoms with van der Waals surface area (Å²) in [6, 6.07) is 17.3. The van der Waals surface area contributed by atoms with Crippen molar-refractivity contribution in [2.24, 2.45) is 5.92 Å². The molecular formula is C24H24ClN5O2S. The van der Waals surface area contributed by atoms with Gasteiger partial charge >= 0.3 is 0 Å². The maximum Gasteiger partial charge on any atom is 0.231 e. The van der Waals surface area contributed by atoms with Gasteiger partial charge in [-0.1, -0.05) is 35.5 Å². The molecule has 4 rings (SSSR count). The Hall–Kier alpha value is -3.02. The van der Waals surface area contributed by atoms with Crippen molar-refractivity contribution >= 4 is 29.3 Å². The van der Waals surface area contributed by atoms with Gasteiger partial charge in [0.25, 0.3) is 0 Å². The first-order valence-corrected chi connectivity index (χ1v) is 12.1. The number of benzene rings is 2. The lowest BCUT2D eigenvalue weighted by Gasteiger charge is -2.22. The fourth-order valence-electron chi connectivity index (χ4n) is 3.61. The van der Waals surface area contributed by atoms with Gasteiger partial charge in [0.1, 0.15) is 11.3 Å². The van der Waals surface area contributed by atoms with Crippen LogP contribution in [0.25, 0.3) is 17.1 Å². The first kappa shape index (κ1) is 23.1. The van der Waals surface area contributed by atoms with E-state index in [4.69, 9.17) is 16.3 Å². The second-order valence-corrected chi connectivity index (χ2v) is 9.32. The van der Waals surface area contributed by atoms with Crippen molar-refractivity contribution < 1.29 is 9.53 Å². The van der Waals surface area contributed by atoms with Gasteiger partial charge in [0.15, 0.2) is 11.0 Å². The molecule has 1 saturated carbocycles. The van der Waals surface area contributed by atoms with Gasteiger partial charge < -0.3 is 10.1 Å². The molecule has 0 aliphatic heterocycles. The molecule has 7 nitrogen and oxygen atoms in total. The Balaban J connectivity index is 1.62. The average molecular weight is 482 g/mol. The van der Waals surface area contributed by atoms with E-state index in [1.807, 2.05) is 54.0 Å². The van der Waals surface area contributed by atoms with Crippen molar-refractivity contribution in [2.45, 2.75) is 37.4 Å². The largest absolute Gasteiger partial charge is 0.494 e. The van der Waals surface area contributed by atoms with Gasteiger partial charge in [-0.3, -0.25) is 9.36 Å². The van der Waals surface area contributed by atoms with Crippen LogP contribution < -0.4 is 10.1 Å². The lowest BCUT2D eigenvalue weighted by molar-refractivity contribution is -0.119. The van der Waals surface area contributed by atoms with Crippen LogP contribution in [0.5, 0.6) is 5.75 Å². The number of amides is 1. The predicted octanol–water partition coefficient (Wildman–Crippen LogP) is 4.89. The van der Waals surface area contributed by atoms with E-state index >= 15 is 0 Å². The van der Waals surface area contributed by atoms with Crippen molar-refractivity contribution in [1.29, 1.82) is 5.26 Å². The van der Waals surface area contributed by atoms with E-state index in [1.165, 1.54) is 11.8 Å². The van der Waals surface area contributed by atoms with E-state index in [1.54, 1.807) is 13.0 Å². The number of halogens is 1. The zero-order valence-electron chi connectivity index (χ0n) is 18.4. The molecule has 0 saturated heterocycles. The molecule has 170 valence electrons. The average Bonchev–Trinajstić information content (AvgIpc) is 3.60. The number of carbonyl (C=O) groups is 1. The van der Waals surface area contributed by atoms with Gasteiger partial charge in [0, 0.05) is 11.3 Å². The monoisotopic (exact) mass is 481 g/mol. The highest BCUT2D eigenvalue weighted by molar-refractivity contribution is 7.99. The summed E-state index contributed by atoms with van der Waals surface area (Å²) in [6.07, 6.45) is 1.93. The minimum atomic E-state index is -0.830. The smallest absolute Gasteiger partial charge is 0.231 e. The zero-order valence-corrected chi connectivity index (χ0v) is 20.0. The van der Waals surface area contributed by atoms with Crippen LogP contribution >= 0.6 is 23.4 Å². The van der Waals surface area contributed by atoms with Gasteiger partial charge in [-0.05, 0) is 69.0 Å². The third-order valence-electron chi connectivity index (χ3n) is 5.51. The summed E-state index contributed by atoms with van der Waals surface area (Å²) in [5.74, 6) is 1.46. The van der Waals surface area contributed by atoms with Crippen molar-refractivity contribution in [2.75, 3.05) is 12.4 Å². The molecule has 0 spiro atoms. The Bertz CT molecular complexity index is 1190. The van der Waals surface area contributed by atoms with Crippen molar-refractivity contribution in [3.05, 3.63) is 53.6 Å². The van der Waals surface area contributed by atoms with Crippen LogP contribution in [-0.2, 0) is 4.79 Å². The molecule has 1 aliphatic rings. The Morgan fingerprint density at radius 2 is 2.00 bits per heavy atom. The molecule has 2 aromatic carbocycles. The normalized spacial score (nSPS) is 14.8. The van der Waals surface area contributed by atoms with Gasteiger partial charge in [0.05, 0.1) is 23.5 Å². The maximum atomic E-state index is 12.6. The number of nitrogens with one attached hydrogen (secondary N) is 1. The number of hydrogen-bond acceptors (Lipinski definition) is 6. The lowest BCUT2D eigenvalue weighted by atomic mass is 9.98. The summed E-state index contributed by atoms with van der Waals surface area (Å²) in [5.41, 5.74) is 0.729. The van der Waals surface area contributed by atoms with Gasteiger partial charge in [-0.25, -0.2) is 0 Å². The zero-order chi connectivity index (χ0) is 23.4. The fraction of sp³-hybridized carbons (Fsp3) is 0.333. The Morgan fingerprint density at radius 3 is 2.64 bits per heavy atom. The van der Waals surface area contributed by atoms with Gasteiger partial charge in [0.2, 0.25) is 5.91 Å². The number of thioether (sulfide) groups is 1. The summed E-state index contributed by atoms with van der Waals surface area (Å²) in [7, 11) is 0. The number of hydrogen-bond donors (Lipinski definition) is 1. The third kappa shape index (κ3) is 5.15. The second kappa shape index (κ2) is 9.86. The molecule has 33 heavy (non-hydrogen) atoms. The molecular weight excluding hydrogens is 458 g/mol. The van der Waals surface area contributed by atoms with Crippen LogP contribution in [0.3, 0.4) is 0 Å². The minimum Gasteiger partial charge on any atom is -0.494 e. The summed E-state index contributed by atoms with van der Waals surface area (Å²) >= 11 is 7.71. The molecule has 1 atom stereocenters. The molecule has 1 aromatic heterocycles. The highest BCUT2D eigenvalue weighted by Gasteiger charge is 2.43. The SMILES string of the molecule is CCOc1ccc(-n2c(SCC(=O)NC(C)(C#N)C3CC3)nnc2-c2ccccc2Cl)cc1. The Labute approximate surface area is 202 Å². The van der Waals surface area contributed by atoms with E-state index in [0.29, 0.717) is 22.6 Å². The van der Waals surface area contributed by atoms with Gasteiger partial charge in [-0.2, -0.15) is 5.26 Å². The quantitative estimate of drug-likeness (QED) is 0.437. The molecule has 1 amide bonds. The van der Waals surface area contributed by atoms with Crippen molar-refractivity contribution in [1.82, 2.24) is 20.1 Å². The maximum absolute atomic E-state index is 12.6. The molecule has 0 radical (unpaired) electrons. The summed E-state index contributed by atoms with van der Waals surface area (Å²) < 4.78 is 7.43. The van der Waals surface area contributed by atoms with Crippen LogP contribution in [0, 0.1) is 17.2 Å². The van der Waals surface area contributed by atoms with Crippen LogP contribution in [-0.4, -0.2) is 38.6 Å².